The average Bonchev–Trinajstić information content (AvgIpc) is 3.25. The summed E-state index contributed by atoms with van der Waals surface area (Å²) in [4.78, 5) is 29.7. The first-order valence-corrected chi connectivity index (χ1v) is 12.0. The standard InChI is InChI=1S/C26H35N7O2/c1-17-15-27-29-23(17)31(5)21-14-22(30-32(6)25(21)35)33-13-7-8-20(16-33)28-24(34)18-9-11-19(12-10-18)26(2,3)4/h9-12,14-15,20H,7-8,13,16H2,1-6H3,(H,27,29)(H,28,34)/t20-/m1/s1. The number of nitrogens with one attached hydrogen (secondary N) is 2. The van der Waals surface area contributed by atoms with Crippen LogP contribution in [0.25, 0.3) is 0 Å². The van der Waals surface area contributed by atoms with Gasteiger partial charge in [-0.25, -0.2) is 4.68 Å². The number of aromatic nitrogens is 4. The summed E-state index contributed by atoms with van der Waals surface area (Å²) in [5.74, 6) is 1.40. The number of carbonyl (C=O) groups is 1. The molecule has 9 nitrogen and oxygen atoms in total. The lowest BCUT2D eigenvalue weighted by molar-refractivity contribution is 0.0933. The van der Waals surface area contributed by atoms with Crippen molar-refractivity contribution < 1.29 is 4.79 Å². The molecule has 1 fully saturated rings. The summed E-state index contributed by atoms with van der Waals surface area (Å²) >= 11 is 0. The van der Waals surface area contributed by atoms with Gasteiger partial charge in [0.2, 0.25) is 0 Å². The van der Waals surface area contributed by atoms with Crippen LogP contribution in [0.1, 0.15) is 55.1 Å². The highest BCUT2D eigenvalue weighted by Crippen LogP contribution is 2.26. The number of anilines is 3. The molecule has 1 amide bonds. The SMILES string of the molecule is Cc1cn[nH]c1N(C)c1cc(N2CCC[C@@H](NC(=O)c3ccc(C(C)(C)C)cc3)C2)nn(C)c1=O. The zero-order chi connectivity index (χ0) is 25.3. The van der Waals surface area contributed by atoms with Crippen LogP contribution in [0.2, 0.25) is 0 Å². The molecule has 0 radical (unpaired) electrons. The first-order chi connectivity index (χ1) is 16.5. The summed E-state index contributed by atoms with van der Waals surface area (Å²) in [7, 11) is 3.50. The first-order valence-electron chi connectivity index (χ1n) is 12.0. The molecule has 3 heterocycles. The summed E-state index contributed by atoms with van der Waals surface area (Å²) in [5, 5.41) is 14.7. The molecule has 1 aliphatic rings. The summed E-state index contributed by atoms with van der Waals surface area (Å²) in [6, 6.07) is 9.65. The van der Waals surface area contributed by atoms with Gasteiger partial charge in [-0.2, -0.15) is 10.2 Å². The molecule has 1 saturated heterocycles. The molecule has 0 bridgehead atoms. The Morgan fingerprint density at radius 1 is 1.23 bits per heavy atom. The van der Waals surface area contributed by atoms with Crippen LogP contribution < -0.4 is 20.7 Å². The Hall–Kier alpha value is -3.62. The van der Waals surface area contributed by atoms with Crippen molar-refractivity contribution in [2.45, 2.75) is 52.0 Å². The minimum atomic E-state index is -0.189. The number of hydrogen-bond acceptors (Lipinski definition) is 6. The molecule has 2 N–H and O–H groups in total. The fraction of sp³-hybridized carbons (Fsp3) is 0.462. The maximum atomic E-state index is 12.9. The van der Waals surface area contributed by atoms with Gasteiger partial charge in [-0.05, 0) is 42.9 Å². The van der Waals surface area contributed by atoms with Gasteiger partial charge in [0, 0.05) is 50.4 Å². The second-order valence-electron chi connectivity index (χ2n) is 10.4. The van der Waals surface area contributed by atoms with Gasteiger partial charge in [0.25, 0.3) is 11.5 Å². The summed E-state index contributed by atoms with van der Waals surface area (Å²) in [5.41, 5.74) is 3.17. The van der Waals surface area contributed by atoms with Crippen molar-refractivity contribution in [1.82, 2.24) is 25.3 Å². The third kappa shape index (κ3) is 5.23. The normalized spacial score (nSPS) is 16.3. The van der Waals surface area contributed by atoms with Crippen LogP contribution in [-0.2, 0) is 12.5 Å². The Bertz CT molecular complexity index is 1250. The lowest BCUT2D eigenvalue weighted by Crippen LogP contribution is -2.48. The Kier molecular flexibility index (Phi) is 6.69. The van der Waals surface area contributed by atoms with Crippen LogP contribution in [0.4, 0.5) is 17.3 Å². The van der Waals surface area contributed by atoms with Crippen molar-refractivity contribution in [3.63, 3.8) is 0 Å². The quantitative estimate of drug-likeness (QED) is 0.585. The van der Waals surface area contributed by atoms with Gasteiger partial charge in [-0.15, -0.1) is 0 Å². The number of piperidine rings is 1. The van der Waals surface area contributed by atoms with E-state index in [1.165, 1.54) is 10.2 Å². The number of nitrogens with zero attached hydrogens (tertiary/aromatic N) is 5. The minimum absolute atomic E-state index is 0.00592. The van der Waals surface area contributed by atoms with Gasteiger partial charge < -0.3 is 15.1 Å². The molecule has 4 rings (SSSR count). The van der Waals surface area contributed by atoms with Gasteiger partial charge >= 0.3 is 0 Å². The second-order valence-corrected chi connectivity index (χ2v) is 10.4. The largest absolute Gasteiger partial charge is 0.353 e. The van der Waals surface area contributed by atoms with Crippen LogP contribution in [0.15, 0.2) is 41.3 Å². The number of benzene rings is 1. The van der Waals surface area contributed by atoms with Gasteiger partial charge in [0.1, 0.15) is 11.5 Å². The lowest BCUT2D eigenvalue weighted by Gasteiger charge is -2.34. The Morgan fingerprint density at radius 2 is 1.94 bits per heavy atom. The van der Waals surface area contributed by atoms with E-state index in [0.29, 0.717) is 23.6 Å². The molecule has 186 valence electrons. The smallest absolute Gasteiger partial charge is 0.290 e. The molecular weight excluding hydrogens is 442 g/mol. The van der Waals surface area contributed by atoms with Crippen molar-refractivity contribution in [1.29, 1.82) is 0 Å². The lowest BCUT2D eigenvalue weighted by atomic mass is 9.86. The number of aryl methyl sites for hydroxylation is 2. The van der Waals surface area contributed by atoms with Crippen LogP contribution in [0, 0.1) is 6.92 Å². The molecule has 1 atom stereocenters. The highest BCUT2D eigenvalue weighted by atomic mass is 16.2. The Balaban J connectivity index is 1.50. The monoisotopic (exact) mass is 477 g/mol. The Morgan fingerprint density at radius 3 is 2.57 bits per heavy atom. The fourth-order valence-electron chi connectivity index (χ4n) is 4.47. The van der Waals surface area contributed by atoms with Gasteiger partial charge in [0.15, 0.2) is 5.82 Å². The van der Waals surface area contributed by atoms with E-state index in [2.05, 4.69) is 46.3 Å². The minimum Gasteiger partial charge on any atom is -0.353 e. The average molecular weight is 478 g/mol. The number of amides is 1. The van der Waals surface area contributed by atoms with E-state index in [1.54, 1.807) is 18.1 Å². The van der Waals surface area contributed by atoms with Crippen LogP contribution in [0.3, 0.4) is 0 Å². The maximum Gasteiger partial charge on any atom is 0.290 e. The van der Waals surface area contributed by atoms with Crippen molar-refractivity contribution in [3.05, 3.63) is 63.6 Å². The predicted octanol–water partition coefficient (Wildman–Crippen LogP) is 3.28. The number of hydrogen-bond donors (Lipinski definition) is 2. The first kappa shape index (κ1) is 24.5. The predicted molar refractivity (Wildman–Crippen MR) is 139 cm³/mol. The zero-order valence-electron chi connectivity index (χ0n) is 21.4. The zero-order valence-corrected chi connectivity index (χ0v) is 21.4. The van der Waals surface area contributed by atoms with Gasteiger partial charge in [-0.1, -0.05) is 32.9 Å². The fourth-order valence-corrected chi connectivity index (χ4v) is 4.47. The summed E-state index contributed by atoms with van der Waals surface area (Å²) in [6.07, 6.45) is 3.55. The second kappa shape index (κ2) is 9.56. The van der Waals surface area contributed by atoms with Crippen molar-refractivity contribution in [2.75, 3.05) is 29.9 Å². The molecule has 35 heavy (non-hydrogen) atoms. The highest BCUT2D eigenvalue weighted by molar-refractivity contribution is 5.94. The van der Waals surface area contributed by atoms with Crippen LogP contribution >= 0.6 is 0 Å². The van der Waals surface area contributed by atoms with Crippen LogP contribution in [0.5, 0.6) is 0 Å². The topological polar surface area (TPSA) is 99.2 Å². The van der Waals surface area contributed by atoms with E-state index in [9.17, 15) is 9.59 Å². The van der Waals surface area contributed by atoms with Crippen molar-refractivity contribution in [2.24, 2.45) is 7.05 Å². The molecular formula is C26H35N7O2. The van der Waals surface area contributed by atoms with E-state index >= 15 is 0 Å². The van der Waals surface area contributed by atoms with Gasteiger partial charge in [0.05, 0.1) is 6.20 Å². The Labute approximate surface area is 206 Å². The van der Waals surface area contributed by atoms with Crippen molar-refractivity contribution in [3.8, 4) is 0 Å². The van der Waals surface area contributed by atoms with E-state index in [0.717, 1.165) is 30.8 Å². The summed E-state index contributed by atoms with van der Waals surface area (Å²) in [6.45, 7) is 9.85. The molecule has 9 heteroatoms. The van der Waals surface area contributed by atoms with E-state index < -0.39 is 0 Å². The number of aromatic amines is 1. The third-order valence-corrected chi connectivity index (χ3v) is 6.62. The molecule has 0 spiro atoms. The summed E-state index contributed by atoms with van der Waals surface area (Å²) < 4.78 is 1.37. The third-order valence-electron chi connectivity index (χ3n) is 6.62. The van der Waals surface area contributed by atoms with Crippen LogP contribution in [-0.4, -0.2) is 52.1 Å². The molecule has 2 aromatic heterocycles. The highest BCUT2D eigenvalue weighted by Gasteiger charge is 2.25. The number of rotatable bonds is 5. The number of H-pyrrole nitrogens is 1. The van der Waals surface area contributed by atoms with E-state index in [1.807, 2.05) is 44.3 Å². The number of carbonyl (C=O) groups excluding carboxylic acids is 1. The van der Waals surface area contributed by atoms with Crippen molar-refractivity contribution >= 4 is 23.2 Å². The molecule has 1 aliphatic heterocycles. The molecule has 0 saturated carbocycles. The van der Waals surface area contributed by atoms with Gasteiger partial charge in [-0.3, -0.25) is 14.7 Å². The van der Waals surface area contributed by atoms with E-state index in [-0.39, 0.29) is 22.9 Å². The molecule has 1 aromatic carbocycles. The maximum absolute atomic E-state index is 12.9. The van der Waals surface area contributed by atoms with E-state index in [4.69, 9.17) is 0 Å². The molecule has 0 aliphatic carbocycles. The molecule has 3 aromatic rings. The molecule has 0 unspecified atom stereocenters.